The first-order valence-corrected chi connectivity index (χ1v) is 9.15. The van der Waals surface area contributed by atoms with Gasteiger partial charge in [0.15, 0.2) is 0 Å². The van der Waals surface area contributed by atoms with Crippen LogP contribution in [0, 0.1) is 0 Å². The number of hydrogen-bond donors (Lipinski definition) is 2. The summed E-state index contributed by atoms with van der Waals surface area (Å²) in [6.07, 6.45) is 2.30. The van der Waals surface area contributed by atoms with E-state index in [0.29, 0.717) is 6.61 Å². The highest BCUT2D eigenvalue weighted by molar-refractivity contribution is 5.89. The van der Waals surface area contributed by atoms with Gasteiger partial charge in [-0.15, -0.1) is 0 Å². The van der Waals surface area contributed by atoms with Gasteiger partial charge in [-0.2, -0.15) is 13.2 Å². The fourth-order valence-electron chi connectivity index (χ4n) is 3.19. The van der Waals surface area contributed by atoms with Crippen molar-refractivity contribution in [2.75, 3.05) is 5.32 Å². The molecule has 5 nitrogen and oxygen atoms in total. The minimum absolute atomic E-state index is 0.0217. The molecule has 1 heterocycles. The van der Waals surface area contributed by atoms with Crippen molar-refractivity contribution in [2.45, 2.75) is 50.6 Å². The number of ether oxygens (including phenoxy) is 1. The van der Waals surface area contributed by atoms with E-state index in [1.165, 1.54) is 12.1 Å². The van der Waals surface area contributed by atoms with Crippen LogP contribution < -0.4 is 10.6 Å². The van der Waals surface area contributed by atoms with Gasteiger partial charge in [0.25, 0.3) is 0 Å². The fraction of sp³-hybridized carbons (Fsp3) is 0.400. The van der Waals surface area contributed by atoms with Crippen molar-refractivity contribution in [3.8, 4) is 0 Å². The first kappa shape index (κ1) is 20.1. The molecule has 1 aliphatic carbocycles. The summed E-state index contributed by atoms with van der Waals surface area (Å²) >= 11 is 0. The molecule has 0 unspecified atom stereocenters. The van der Waals surface area contributed by atoms with E-state index in [-0.39, 0.29) is 17.8 Å². The van der Waals surface area contributed by atoms with Gasteiger partial charge < -0.3 is 15.4 Å². The molecular weight excluding hydrogens is 371 g/mol. The molecule has 2 N–H and O–H groups in total. The van der Waals surface area contributed by atoms with E-state index >= 15 is 0 Å². The van der Waals surface area contributed by atoms with Gasteiger partial charge in [0.2, 0.25) is 0 Å². The average molecular weight is 393 g/mol. The van der Waals surface area contributed by atoms with Crippen LogP contribution in [0.3, 0.4) is 0 Å². The zero-order valence-electron chi connectivity index (χ0n) is 15.2. The number of pyridine rings is 1. The molecule has 1 fully saturated rings. The Morgan fingerprint density at radius 1 is 1.11 bits per heavy atom. The second-order valence-corrected chi connectivity index (χ2v) is 6.82. The Kier molecular flexibility index (Phi) is 6.51. The van der Waals surface area contributed by atoms with Crippen molar-refractivity contribution >= 4 is 11.7 Å². The molecule has 1 aliphatic rings. The van der Waals surface area contributed by atoms with Gasteiger partial charge in [-0.25, -0.2) is 4.79 Å². The zero-order chi connectivity index (χ0) is 20.0. The predicted molar refractivity (Wildman–Crippen MR) is 98.7 cm³/mol. The number of alkyl halides is 3. The third-order valence-electron chi connectivity index (χ3n) is 4.69. The monoisotopic (exact) mass is 393 g/mol. The van der Waals surface area contributed by atoms with Gasteiger partial charge in [-0.1, -0.05) is 6.07 Å². The third-order valence-corrected chi connectivity index (χ3v) is 4.69. The number of nitrogens with zero attached hydrogens (tertiary/aromatic N) is 1. The van der Waals surface area contributed by atoms with Crippen LogP contribution in [-0.4, -0.2) is 23.2 Å². The molecule has 28 heavy (non-hydrogen) atoms. The molecule has 0 aliphatic heterocycles. The second-order valence-electron chi connectivity index (χ2n) is 6.82. The highest BCUT2D eigenvalue weighted by Gasteiger charge is 2.30. The van der Waals surface area contributed by atoms with Crippen molar-refractivity contribution in [1.29, 1.82) is 0 Å². The van der Waals surface area contributed by atoms with Gasteiger partial charge in [-0.3, -0.25) is 4.98 Å². The minimum Gasteiger partial charge on any atom is -0.374 e. The lowest BCUT2D eigenvalue weighted by Gasteiger charge is -2.29. The summed E-state index contributed by atoms with van der Waals surface area (Å²) in [5.74, 6) is 0. The molecule has 1 aromatic carbocycles. The SMILES string of the molecule is O=C(Nc1cccc(C(F)(F)F)c1)N[C@H]1CC[C@H](OCc2ccncc2)CC1. The van der Waals surface area contributed by atoms with E-state index in [2.05, 4.69) is 15.6 Å². The van der Waals surface area contributed by atoms with Gasteiger partial charge in [-0.05, 0) is 61.6 Å². The standard InChI is InChI=1S/C20H22F3N3O2/c21-20(22,23)15-2-1-3-17(12-15)26-19(27)25-16-4-6-18(7-5-16)28-13-14-8-10-24-11-9-14/h1-3,8-12,16,18H,4-7,13H2,(H2,25,26,27)/t16-,18-. The topological polar surface area (TPSA) is 63.2 Å². The van der Waals surface area contributed by atoms with E-state index in [0.717, 1.165) is 43.4 Å². The number of urea groups is 1. The Labute approximate surface area is 161 Å². The number of aromatic nitrogens is 1. The summed E-state index contributed by atoms with van der Waals surface area (Å²) in [6, 6.07) is 7.88. The number of benzene rings is 1. The van der Waals surface area contributed by atoms with Crippen LogP contribution in [0.1, 0.15) is 36.8 Å². The number of rotatable bonds is 5. The maximum atomic E-state index is 12.7. The number of hydrogen-bond acceptors (Lipinski definition) is 3. The molecule has 150 valence electrons. The Morgan fingerprint density at radius 2 is 1.82 bits per heavy atom. The summed E-state index contributed by atoms with van der Waals surface area (Å²) in [4.78, 5) is 16.1. The lowest BCUT2D eigenvalue weighted by Crippen LogP contribution is -2.41. The first-order chi connectivity index (χ1) is 13.4. The summed E-state index contributed by atoms with van der Waals surface area (Å²) in [7, 11) is 0. The van der Waals surface area contributed by atoms with E-state index in [1.807, 2.05) is 12.1 Å². The van der Waals surface area contributed by atoms with Crippen molar-refractivity contribution in [2.24, 2.45) is 0 Å². The van der Waals surface area contributed by atoms with Crippen molar-refractivity contribution in [3.63, 3.8) is 0 Å². The molecule has 3 rings (SSSR count). The van der Waals surface area contributed by atoms with Crippen LogP contribution in [0.2, 0.25) is 0 Å². The molecule has 0 atom stereocenters. The number of carbonyl (C=O) groups excluding carboxylic acids is 1. The molecule has 2 aromatic rings. The summed E-state index contributed by atoms with van der Waals surface area (Å²) < 4.78 is 44.1. The first-order valence-electron chi connectivity index (χ1n) is 9.15. The number of halogens is 3. The summed E-state index contributed by atoms with van der Waals surface area (Å²) in [5, 5.41) is 5.30. The molecule has 0 spiro atoms. The Hall–Kier alpha value is -2.61. The van der Waals surface area contributed by atoms with Crippen LogP contribution in [0.4, 0.5) is 23.7 Å². The smallest absolute Gasteiger partial charge is 0.374 e. The number of nitrogens with one attached hydrogen (secondary N) is 2. The normalized spacial score (nSPS) is 19.8. The van der Waals surface area contributed by atoms with E-state index < -0.39 is 17.8 Å². The van der Waals surface area contributed by atoms with Crippen LogP contribution in [-0.2, 0) is 17.5 Å². The quantitative estimate of drug-likeness (QED) is 0.771. The molecule has 1 aromatic heterocycles. The predicted octanol–water partition coefficient (Wildman–Crippen LogP) is 4.75. The third kappa shape index (κ3) is 5.95. The van der Waals surface area contributed by atoms with E-state index in [9.17, 15) is 18.0 Å². The van der Waals surface area contributed by atoms with Crippen molar-refractivity contribution in [1.82, 2.24) is 10.3 Å². The average Bonchev–Trinajstić information content (AvgIpc) is 2.68. The highest BCUT2D eigenvalue weighted by Crippen LogP contribution is 2.30. The molecule has 0 saturated heterocycles. The van der Waals surface area contributed by atoms with E-state index in [4.69, 9.17) is 4.74 Å². The van der Waals surface area contributed by atoms with Crippen LogP contribution in [0.15, 0.2) is 48.8 Å². The largest absolute Gasteiger partial charge is 0.416 e. The van der Waals surface area contributed by atoms with Gasteiger partial charge in [0.05, 0.1) is 18.3 Å². The highest BCUT2D eigenvalue weighted by atomic mass is 19.4. The summed E-state index contributed by atoms with van der Waals surface area (Å²) in [6.45, 7) is 0.529. The Bertz CT molecular complexity index is 776. The van der Waals surface area contributed by atoms with Gasteiger partial charge >= 0.3 is 12.2 Å². The molecule has 1 saturated carbocycles. The summed E-state index contributed by atoms with van der Waals surface area (Å²) in [5.41, 5.74) is 0.384. The van der Waals surface area contributed by atoms with E-state index in [1.54, 1.807) is 12.4 Å². The number of carbonyl (C=O) groups is 1. The van der Waals surface area contributed by atoms with Crippen LogP contribution >= 0.6 is 0 Å². The molecule has 0 radical (unpaired) electrons. The zero-order valence-corrected chi connectivity index (χ0v) is 15.2. The molecular formula is C20H22F3N3O2. The Morgan fingerprint density at radius 3 is 2.50 bits per heavy atom. The lowest BCUT2D eigenvalue weighted by molar-refractivity contribution is -0.137. The maximum Gasteiger partial charge on any atom is 0.416 e. The maximum absolute atomic E-state index is 12.7. The van der Waals surface area contributed by atoms with Gasteiger partial charge in [0.1, 0.15) is 0 Å². The molecule has 0 bridgehead atoms. The van der Waals surface area contributed by atoms with Gasteiger partial charge in [0, 0.05) is 24.1 Å². The minimum atomic E-state index is -4.44. The van der Waals surface area contributed by atoms with Crippen molar-refractivity contribution in [3.05, 3.63) is 59.9 Å². The lowest BCUT2D eigenvalue weighted by atomic mass is 9.93. The molecule has 8 heteroatoms. The second kappa shape index (κ2) is 9.05. The number of amides is 2. The van der Waals surface area contributed by atoms with Crippen LogP contribution in [0.25, 0.3) is 0 Å². The number of anilines is 1. The molecule has 2 amide bonds. The van der Waals surface area contributed by atoms with Crippen molar-refractivity contribution < 1.29 is 22.7 Å². The Balaban J connectivity index is 1.41. The van der Waals surface area contributed by atoms with Crippen LogP contribution in [0.5, 0.6) is 0 Å². The fourth-order valence-corrected chi connectivity index (χ4v) is 3.19.